The van der Waals surface area contributed by atoms with E-state index in [1.807, 2.05) is 30.3 Å². The number of carbonyl (C=O) groups is 2. The van der Waals surface area contributed by atoms with E-state index in [0.717, 1.165) is 5.56 Å². The van der Waals surface area contributed by atoms with Crippen molar-refractivity contribution in [1.29, 1.82) is 0 Å². The Bertz CT molecular complexity index is 1190. The van der Waals surface area contributed by atoms with Crippen LogP contribution in [0.25, 0.3) is 11.0 Å². The summed E-state index contributed by atoms with van der Waals surface area (Å²) in [5.74, 6) is 0.548. The fourth-order valence-electron chi connectivity index (χ4n) is 3.93. The van der Waals surface area contributed by atoms with Gasteiger partial charge in [0.15, 0.2) is 0 Å². The molecule has 1 aliphatic rings. The summed E-state index contributed by atoms with van der Waals surface area (Å²) >= 11 is 0. The van der Waals surface area contributed by atoms with Gasteiger partial charge in [-0.25, -0.2) is 9.18 Å². The second-order valence-electron chi connectivity index (χ2n) is 9.45. The monoisotopic (exact) mass is 468 g/mol. The molecule has 0 unspecified atom stereocenters. The highest BCUT2D eigenvalue weighted by Gasteiger charge is 2.38. The lowest BCUT2D eigenvalue weighted by molar-refractivity contribution is 0.0281. The van der Waals surface area contributed by atoms with E-state index >= 15 is 0 Å². The normalized spacial score (nSPS) is 18.2. The number of furan rings is 1. The van der Waals surface area contributed by atoms with Gasteiger partial charge in [0.2, 0.25) is 0 Å². The number of hydrogen-bond acceptors (Lipinski definition) is 5. The number of halogens is 1. The lowest BCUT2D eigenvalue weighted by atomic mass is 10.1. The number of alkyl halides is 1. The van der Waals surface area contributed by atoms with Gasteiger partial charge in [0, 0.05) is 11.9 Å². The first-order valence-electron chi connectivity index (χ1n) is 11.2. The van der Waals surface area contributed by atoms with Gasteiger partial charge in [-0.1, -0.05) is 30.3 Å². The standard InChI is InChI=1S/C26H29FN2O5/c1-16-23(24(30)28-21-14-29(13-20(21)27)25(31)34-26(2,3)4)19-12-18(10-11-22(19)33-16)32-15-17-8-6-5-7-9-17/h5-12,20-21H,13-15H2,1-4H3,(H,28,30)/t20-,21-/m1/s1. The highest BCUT2D eigenvalue weighted by molar-refractivity contribution is 6.07. The quantitative estimate of drug-likeness (QED) is 0.570. The lowest BCUT2D eigenvalue weighted by Gasteiger charge is -2.24. The second kappa shape index (κ2) is 9.37. The van der Waals surface area contributed by atoms with Gasteiger partial charge in [-0.3, -0.25) is 4.79 Å². The summed E-state index contributed by atoms with van der Waals surface area (Å²) in [7, 11) is 0. The van der Waals surface area contributed by atoms with Gasteiger partial charge in [-0.15, -0.1) is 0 Å². The largest absolute Gasteiger partial charge is 0.489 e. The molecule has 8 heteroatoms. The molecule has 1 fully saturated rings. The van der Waals surface area contributed by atoms with Crippen molar-refractivity contribution in [3.05, 3.63) is 65.4 Å². The van der Waals surface area contributed by atoms with Crippen molar-refractivity contribution in [3.8, 4) is 5.75 Å². The van der Waals surface area contributed by atoms with Gasteiger partial charge >= 0.3 is 6.09 Å². The Kier molecular flexibility index (Phi) is 6.50. The second-order valence-corrected chi connectivity index (χ2v) is 9.45. The fourth-order valence-corrected chi connectivity index (χ4v) is 3.93. The molecule has 2 atom stereocenters. The molecular formula is C26H29FN2O5. The zero-order valence-electron chi connectivity index (χ0n) is 19.8. The number of nitrogens with one attached hydrogen (secondary N) is 1. The highest BCUT2D eigenvalue weighted by atomic mass is 19.1. The number of aryl methyl sites for hydroxylation is 1. The number of carbonyl (C=O) groups excluding carboxylic acids is 2. The van der Waals surface area contributed by atoms with Crippen LogP contribution >= 0.6 is 0 Å². The molecule has 1 saturated heterocycles. The van der Waals surface area contributed by atoms with Crippen LogP contribution in [0, 0.1) is 6.92 Å². The van der Waals surface area contributed by atoms with E-state index in [-0.39, 0.29) is 13.1 Å². The molecule has 180 valence electrons. The van der Waals surface area contributed by atoms with Gasteiger partial charge in [0.1, 0.15) is 35.5 Å². The van der Waals surface area contributed by atoms with E-state index in [1.54, 1.807) is 45.9 Å². The van der Waals surface area contributed by atoms with Crippen molar-refractivity contribution < 1.29 is 27.9 Å². The maximum atomic E-state index is 14.7. The molecule has 2 amide bonds. The van der Waals surface area contributed by atoms with Crippen LogP contribution in [0.1, 0.15) is 42.5 Å². The number of hydrogen-bond donors (Lipinski definition) is 1. The molecule has 0 radical (unpaired) electrons. The first-order chi connectivity index (χ1) is 16.1. The molecule has 7 nitrogen and oxygen atoms in total. The van der Waals surface area contributed by atoms with Gasteiger partial charge in [-0.2, -0.15) is 0 Å². The molecule has 1 aliphatic heterocycles. The SMILES string of the molecule is Cc1oc2ccc(OCc3ccccc3)cc2c1C(=O)N[C@@H]1CN(C(=O)OC(C)(C)C)C[C@H]1F. The Hall–Kier alpha value is -3.55. The number of rotatable bonds is 5. The zero-order valence-corrected chi connectivity index (χ0v) is 19.8. The Labute approximate surface area is 197 Å². The van der Waals surface area contributed by atoms with Crippen LogP contribution in [0.4, 0.5) is 9.18 Å². The Balaban J connectivity index is 1.47. The van der Waals surface area contributed by atoms with Crippen LogP contribution in [0.15, 0.2) is 52.9 Å². The van der Waals surface area contributed by atoms with Gasteiger partial charge < -0.3 is 24.1 Å². The maximum absolute atomic E-state index is 14.7. The van der Waals surface area contributed by atoms with Crippen molar-refractivity contribution >= 4 is 23.0 Å². The van der Waals surface area contributed by atoms with Crippen molar-refractivity contribution in [2.75, 3.05) is 13.1 Å². The van der Waals surface area contributed by atoms with Crippen LogP contribution in [0.5, 0.6) is 5.75 Å². The molecule has 34 heavy (non-hydrogen) atoms. The number of benzene rings is 2. The van der Waals surface area contributed by atoms with Crippen molar-refractivity contribution in [2.24, 2.45) is 0 Å². The number of amides is 2. The third-order valence-electron chi connectivity index (χ3n) is 5.53. The maximum Gasteiger partial charge on any atom is 0.410 e. The first-order valence-corrected chi connectivity index (χ1v) is 11.2. The molecule has 0 bridgehead atoms. The number of fused-ring (bicyclic) bond motifs is 1. The fraction of sp³-hybridized carbons (Fsp3) is 0.385. The van der Waals surface area contributed by atoms with Crippen LogP contribution in [0.3, 0.4) is 0 Å². The summed E-state index contributed by atoms with van der Waals surface area (Å²) in [6.45, 7) is 7.21. The van der Waals surface area contributed by atoms with Crippen molar-refractivity contribution in [3.63, 3.8) is 0 Å². The summed E-state index contributed by atoms with van der Waals surface area (Å²) in [5, 5.41) is 3.31. The molecule has 2 heterocycles. The third-order valence-corrected chi connectivity index (χ3v) is 5.53. The predicted molar refractivity (Wildman–Crippen MR) is 126 cm³/mol. The molecule has 3 aromatic rings. The minimum atomic E-state index is -1.40. The average molecular weight is 469 g/mol. The summed E-state index contributed by atoms with van der Waals surface area (Å²) in [4.78, 5) is 26.7. The van der Waals surface area contributed by atoms with E-state index < -0.39 is 29.8 Å². The predicted octanol–water partition coefficient (Wildman–Crippen LogP) is 5.01. The number of likely N-dealkylation sites (tertiary alicyclic amines) is 1. The van der Waals surface area contributed by atoms with E-state index in [0.29, 0.717) is 34.6 Å². The first kappa shape index (κ1) is 23.6. The van der Waals surface area contributed by atoms with Crippen molar-refractivity contribution in [1.82, 2.24) is 10.2 Å². The summed E-state index contributed by atoms with van der Waals surface area (Å²) in [6.07, 6.45) is -2.00. The molecular weight excluding hydrogens is 439 g/mol. The highest BCUT2D eigenvalue weighted by Crippen LogP contribution is 2.30. The third kappa shape index (κ3) is 5.32. The molecule has 1 N–H and O–H groups in total. The molecule has 2 aromatic carbocycles. The van der Waals surface area contributed by atoms with E-state index in [4.69, 9.17) is 13.9 Å². The Morgan fingerprint density at radius 2 is 1.88 bits per heavy atom. The van der Waals surface area contributed by atoms with Crippen LogP contribution in [-0.4, -0.2) is 47.8 Å². The van der Waals surface area contributed by atoms with Crippen LogP contribution in [-0.2, 0) is 11.3 Å². The van der Waals surface area contributed by atoms with Crippen molar-refractivity contribution in [2.45, 2.75) is 52.1 Å². The number of ether oxygens (including phenoxy) is 2. The lowest BCUT2D eigenvalue weighted by Crippen LogP contribution is -2.42. The molecule has 1 aromatic heterocycles. The van der Waals surface area contributed by atoms with Gasteiger partial charge in [0.25, 0.3) is 5.91 Å². The van der Waals surface area contributed by atoms with E-state index in [9.17, 15) is 14.0 Å². The summed E-state index contributed by atoms with van der Waals surface area (Å²) in [6, 6.07) is 14.2. The van der Waals surface area contributed by atoms with Crippen LogP contribution < -0.4 is 10.1 Å². The van der Waals surface area contributed by atoms with Gasteiger partial charge in [0.05, 0.1) is 18.2 Å². The summed E-state index contributed by atoms with van der Waals surface area (Å²) < 4.78 is 31.6. The van der Waals surface area contributed by atoms with Gasteiger partial charge in [-0.05, 0) is 51.5 Å². The molecule has 4 rings (SSSR count). The number of nitrogens with zero attached hydrogens (tertiary/aromatic N) is 1. The van der Waals surface area contributed by atoms with Crippen LogP contribution in [0.2, 0.25) is 0 Å². The Morgan fingerprint density at radius 1 is 1.15 bits per heavy atom. The molecule has 0 spiro atoms. The summed E-state index contributed by atoms with van der Waals surface area (Å²) in [5.41, 5.74) is 1.20. The topological polar surface area (TPSA) is 81.0 Å². The average Bonchev–Trinajstić information content (AvgIpc) is 3.30. The molecule has 0 saturated carbocycles. The smallest absolute Gasteiger partial charge is 0.410 e. The minimum absolute atomic E-state index is 0.0298. The zero-order chi connectivity index (χ0) is 24.5. The Morgan fingerprint density at radius 3 is 2.59 bits per heavy atom. The molecule has 0 aliphatic carbocycles. The van der Waals surface area contributed by atoms with E-state index in [2.05, 4.69) is 5.32 Å². The minimum Gasteiger partial charge on any atom is -0.489 e. The van der Waals surface area contributed by atoms with E-state index in [1.165, 1.54) is 4.90 Å².